The predicted molar refractivity (Wildman–Crippen MR) is 111 cm³/mol. The van der Waals surface area contributed by atoms with Crippen molar-refractivity contribution in [3.63, 3.8) is 0 Å². The lowest BCUT2D eigenvalue weighted by Crippen LogP contribution is -2.47. The van der Waals surface area contributed by atoms with Crippen LogP contribution in [-0.2, 0) is 4.79 Å². The Morgan fingerprint density at radius 1 is 0.933 bits per heavy atom. The van der Waals surface area contributed by atoms with Crippen molar-refractivity contribution in [1.82, 2.24) is 9.80 Å². The van der Waals surface area contributed by atoms with E-state index in [0.29, 0.717) is 35.5 Å². The van der Waals surface area contributed by atoms with Crippen LogP contribution >= 0.6 is 0 Å². The second-order valence-electron chi connectivity index (χ2n) is 7.48. The van der Waals surface area contributed by atoms with E-state index in [2.05, 4.69) is 5.32 Å². The first-order valence-corrected chi connectivity index (χ1v) is 10.2. The van der Waals surface area contributed by atoms with Crippen molar-refractivity contribution < 1.29 is 19.2 Å². The number of carbonyl (C=O) groups excluding carboxylic acids is 4. The average Bonchev–Trinajstić information content (AvgIpc) is 3.38. The van der Waals surface area contributed by atoms with Crippen LogP contribution in [0.2, 0.25) is 0 Å². The summed E-state index contributed by atoms with van der Waals surface area (Å²) in [5.41, 5.74) is 1.40. The van der Waals surface area contributed by atoms with Gasteiger partial charge >= 0.3 is 0 Å². The zero-order chi connectivity index (χ0) is 21.3. The standard InChI is InChI=1S/C23H23N3O4/c1-2-19(26-22(29)15-9-3-4-10-16(15)23(26)30)20(27)24-18-12-6-5-11-17(18)21(28)25-13-7-8-14-25/h3-6,9-12,19H,2,7-8,13-14H2,1H3,(H,24,27)/t19-/m0/s1. The lowest BCUT2D eigenvalue weighted by atomic mass is 10.1. The Morgan fingerprint density at radius 2 is 1.50 bits per heavy atom. The minimum absolute atomic E-state index is 0.128. The second-order valence-corrected chi connectivity index (χ2v) is 7.48. The van der Waals surface area contributed by atoms with Gasteiger partial charge in [-0.05, 0) is 43.5 Å². The zero-order valence-electron chi connectivity index (χ0n) is 16.8. The molecule has 0 saturated carbocycles. The van der Waals surface area contributed by atoms with Gasteiger partial charge in [0, 0.05) is 13.1 Å². The van der Waals surface area contributed by atoms with Crippen LogP contribution < -0.4 is 5.32 Å². The summed E-state index contributed by atoms with van der Waals surface area (Å²) in [6, 6.07) is 12.4. The van der Waals surface area contributed by atoms with Gasteiger partial charge in [-0.2, -0.15) is 0 Å². The molecule has 1 N–H and O–H groups in total. The number of hydrogen-bond acceptors (Lipinski definition) is 4. The first kappa shape index (κ1) is 19.8. The van der Waals surface area contributed by atoms with Gasteiger partial charge in [0.05, 0.1) is 22.4 Å². The number of anilines is 1. The number of amides is 4. The van der Waals surface area contributed by atoms with Crippen LogP contribution in [0.15, 0.2) is 48.5 Å². The average molecular weight is 405 g/mol. The molecule has 4 rings (SSSR count). The molecule has 0 radical (unpaired) electrons. The molecule has 0 aliphatic carbocycles. The number of hydrogen-bond donors (Lipinski definition) is 1. The second kappa shape index (κ2) is 8.10. The fourth-order valence-corrected chi connectivity index (χ4v) is 4.06. The number of fused-ring (bicyclic) bond motifs is 1. The van der Waals surface area contributed by atoms with E-state index in [1.165, 1.54) is 0 Å². The lowest BCUT2D eigenvalue weighted by Gasteiger charge is -2.25. The third-order valence-corrected chi connectivity index (χ3v) is 5.64. The van der Waals surface area contributed by atoms with Crippen molar-refractivity contribution in [2.75, 3.05) is 18.4 Å². The number of likely N-dealkylation sites (tertiary alicyclic amines) is 1. The number of rotatable bonds is 5. The normalized spacial score (nSPS) is 16.6. The molecular weight excluding hydrogens is 382 g/mol. The quantitative estimate of drug-likeness (QED) is 0.775. The lowest BCUT2D eigenvalue weighted by molar-refractivity contribution is -0.120. The van der Waals surface area contributed by atoms with Crippen LogP contribution in [0.1, 0.15) is 57.3 Å². The summed E-state index contributed by atoms with van der Waals surface area (Å²) >= 11 is 0. The zero-order valence-corrected chi connectivity index (χ0v) is 16.8. The first-order valence-electron chi connectivity index (χ1n) is 10.2. The number of nitrogens with zero attached hydrogens (tertiary/aromatic N) is 2. The molecule has 2 heterocycles. The van der Waals surface area contributed by atoms with E-state index < -0.39 is 23.8 Å². The van der Waals surface area contributed by atoms with Gasteiger partial charge in [-0.25, -0.2) is 0 Å². The number of carbonyl (C=O) groups is 4. The third kappa shape index (κ3) is 3.36. The van der Waals surface area contributed by atoms with E-state index in [9.17, 15) is 19.2 Å². The minimum Gasteiger partial charge on any atom is -0.339 e. The monoisotopic (exact) mass is 405 g/mol. The molecule has 7 nitrogen and oxygen atoms in total. The fourth-order valence-electron chi connectivity index (χ4n) is 4.06. The molecule has 30 heavy (non-hydrogen) atoms. The van der Waals surface area contributed by atoms with Crippen LogP contribution in [0.25, 0.3) is 0 Å². The molecule has 2 aromatic carbocycles. The highest BCUT2D eigenvalue weighted by molar-refractivity contribution is 6.23. The van der Waals surface area contributed by atoms with E-state index in [-0.39, 0.29) is 12.3 Å². The van der Waals surface area contributed by atoms with E-state index in [4.69, 9.17) is 0 Å². The molecule has 0 bridgehead atoms. The van der Waals surface area contributed by atoms with Crippen molar-refractivity contribution in [2.45, 2.75) is 32.2 Å². The number of imide groups is 1. The summed E-state index contributed by atoms with van der Waals surface area (Å²) in [5.74, 6) is -1.57. The molecule has 1 atom stereocenters. The molecule has 2 aliphatic rings. The summed E-state index contributed by atoms with van der Waals surface area (Å²) in [7, 11) is 0. The minimum atomic E-state index is -0.965. The highest BCUT2D eigenvalue weighted by Crippen LogP contribution is 2.27. The van der Waals surface area contributed by atoms with Crippen molar-refractivity contribution in [2.24, 2.45) is 0 Å². The van der Waals surface area contributed by atoms with Gasteiger partial charge in [0.25, 0.3) is 17.7 Å². The van der Waals surface area contributed by atoms with Crippen LogP contribution in [0.4, 0.5) is 5.69 Å². The maximum absolute atomic E-state index is 13.1. The molecule has 0 spiro atoms. The Morgan fingerprint density at radius 3 is 2.10 bits per heavy atom. The molecular formula is C23H23N3O4. The maximum atomic E-state index is 13.1. The Bertz CT molecular complexity index is 992. The van der Waals surface area contributed by atoms with Crippen LogP contribution in [-0.4, -0.2) is 52.6 Å². The molecule has 2 aromatic rings. The molecule has 4 amide bonds. The summed E-state index contributed by atoms with van der Waals surface area (Å²) < 4.78 is 0. The molecule has 2 aliphatic heterocycles. The maximum Gasteiger partial charge on any atom is 0.262 e. The predicted octanol–water partition coefficient (Wildman–Crippen LogP) is 2.94. The Hall–Kier alpha value is -3.48. The summed E-state index contributed by atoms with van der Waals surface area (Å²) in [6.45, 7) is 3.15. The third-order valence-electron chi connectivity index (χ3n) is 5.64. The van der Waals surface area contributed by atoms with Gasteiger partial charge in [0.1, 0.15) is 6.04 Å². The van der Waals surface area contributed by atoms with Crippen molar-refractivity contribution in [1.29, 1.82) is 0 Å². The van der Waals surface area contributed by atoms with Gasteiger partial charge in [0.15, 0.2) is 0 Å². The van der Waals surface area contributed by atoms with E-state index in [0.717, 1.165) is 17.7 Å². The van der Waals surface area contributed by atoms with Gasteiger partial charge in [-0.3, -0.25) is 24.1 Å². The smallest absolute Gasteiger partial charge is 0.262 e. The molecule has 0 aromatic heterocycles. The number of nitrogens with one attached hydrogen (secondary N) is 1. The van der Waals surface area contributed by atoms with Crippen molar-refractivity contribution in [3.05, 3.63) is 65.2 Å². The fraction of sp³-hybridized carbons (Fsp3) is 0.304. The first-order chi connectivity index (χ1) is 14.5. The number of benzene rings is 2. The molecule has 0 unspecified atom stereocenters. The topological polar surface area (TPSA) is 86.8 Å². The molecule has 7 heteroatoms. The van der Waals surface area contributed by atoms with Crippen LogP contribution in [0.3, 0.4) is 0 Å². The van der Waals surface area contributed by atoms with Crippen LogP contribution in [0, 0.1) is 0 Å². The van der Waals surface area contributed by atoms with E-state index in [1.807, 2.05) is 0 Å². The number of para-hydroxylation sites is 1. The van der Waals surface area contributed by atoms with Crippen molar-refractivity contribution >= 4 is 29.3 Å². The van der Waals surface area contributed by atoms with Crippen LogP contribution in [0.5, 0.6) is 0 Å². The van der Waals surface area contributed by atoms with Gasteiger partial charge < -0.3 is 10.2 Å². The highest BCUT2D eigenvalue weighted by Gasteiger charge is 2.42. The largest absolute Gasteiger partial charge is 0.339 e. The summed E-state index contributed by atoms with van der Waals surface area (Å²) in [5, 5.41) is 2.78. The Kier molecular flexibility index (Phi) is 5.35. The molecule has 154 valence electrons. The Labute approximate surface area is 174 Å². The van der Waals surface area contributed by atoms with Gasteiger partial charge in [-0.15, -0.1) is 0 Å². The van der Waals surface area contributed by atoms with Gasteiger partial charge in [0.2, 0.25) is 5.91 Å². The van der Waals surface area contributed by atoms with E-state index >= 15 is 0 Å². The Balaban J connectivity index is 1.57. The van der Waals surface area contributed by atoms with Gasteiger partial charge in [-0.1, -0.05) is 31.2 Å². The summed E-state index contributed by atoms with van der Waals surface area (Å²) in [6.07, 6.45) is 2.20. The highest BCUT2D eigenvalue weighted by atomic mass is 16.2. The van der Waals surface area contributed by atoms with E-state index in [1.54, 1.807) is 60.4 Å². The van der Waals surface area contributed by atoms with Crippen molar-refractivity contribution in [3.8, 4) is 0 Å². The summed E-state index contributed by atoms with van der Waals surface area (Å²) in [4.78, 5) is 54.3. The molecule has 1 saturated heterocycles. The molecule has 1 fully saturated rings. The SMILES string of the molecule is CC[C@@H](C(=O)Nc1ccccc1C(=O)N1CCCC1)N1C(=O)c2ccccc2C1=O.